The van der Waals surface area contributed by atoms with E-state index in [9.17, 15) is 4.79 Å². The Morgan fingerprint density at radius 3 is 2.91 bits per heavy atom. The molecule has 0 aromatic carbocycles. The van der Waals surface area contributed by atoms with Crippen LogP contribution in [-0.4, -0.2) is 17.0 Å². The molecule has 1 aromatic rings. The summed E-state index contributed by atoms with van der Waals surface area (Å²) in [7, 11) is 1.87. The number of hydrogen-bond donors (Lipinski definition) is 0. The molecule has 3 nitrogen and oxygen atoms in total. The number of aryl methyl sites for hydroxylation is 1. The largest absolute Gasteiger partial charge is 0.471 e. The summed E-state index contributed by atoms with van der Waals surface area (Å²) >= 11 is 0. The molecule has 0 unspecified atom stereocenters. The van der Waals surface area contributed by atoms with Crippen LogP contribution in [0.5, 0.6) is 5.88 Å². The maximum Gasteiger partial charge on any atom is 0.193 e. The van der Waals surface area contributed by atoms with Gasteiger partial charge in [-0.15, -0.1) is 0 Å². The molecule has 0 N–H and O–H groups in total. The zero-order chi connectivity index (χ0) is 8.27. The predicted octanol–water partition coefficient (Wildman–Crippen LogP) is 0.993. The van der Waals surface area contributed by atoms with Crippen molar-refractivity contribution < 1.29 is 9.53 Å². The van der Waals surface area contributed by atoms with Gasteiger partial charge in [0.25, 0.3) is 0 Å². The number of ether oxygens (including phenoxy) is 1. The minimum Gasteiger partial charge on any atom is -0.471 e. The van der Waals surface area contributed by atoms with E-state index < -0.39 is 0 Å². The van der Waals surface area contributed by atoms with Gasteiger partial charge in [0.15, 0.2) is 11.7 Å². The first kappa shape index (κ1) is 7.85. The van der Waals surface area contributed by atoms with E-state index in [1.807, 2.05) is 29.9 Å². The Kier molecular flexibility index (Phi) is 2.31. The van der Waals surface area contributed by atoms with Crippen molar-refractivity contribution >= 4 is 5.78 Å². The summed E-state index contributed by atoms with van der Waals surface area (Å²) in [6.45, 7) is 1.65. The number of carbonyl (C=O) groups is 1. The van der Waals surface area contributed by atoms with Gasteiger partial charge in [-0.1, -0.05) is 0 Å². The van der Waals surface area contributed by atoms with Gasteiger partial charge in [0.2, 0.25) is 0 Å². The fourth-order valence-corrected chi connectivity index (χ4v) is 0.771. The molecule has 1 aromatic heterocycles. The van der Waals surface area contributed by atoms with Gasteiger partial charge in [0.05, 0.1) is 0 Å². The number of ketones is 1. The van der Waals surface area contributed by atoms with Gasteiger partial charge in [0.1, 0.15) is 6.61 Å². The number of carbonyl (C=O) groups excluding carboxylic acids is 1. The van der Waals surface area contributed by atoms with E-state index in [-0.39, 0.29) is 12.4 Å². The highest BCUT2D eigenvalue weighted by Gasteiger charge is 1.98. The number of Topliss-reactive ketones (excluding diaryl/α,β-unsaturated/α-hetero) is 1. The maximum absolute atomic E-state index is 10.5. The SMILES string of the molecule is CC(=O)COc1cccn1C. The van der Waals surface area contributed by atoms with Crippen LogP contribution in [0.4, 0.5) is 0 Å². The van der Waals surface area contributed by atoms with Gasteiger partial charge >= 0.3 is 0 Å². The van der Waals surface area contributed by atoms with Crippen molar-refractivity contribution in [3.63, 3.8) is 0 Å². The van der Waals surface area contributed by atoms with Crippen LogP contribution in [0, 0.1) is 0 Å². The van der Waals surface area contributed by atoms with Crippen molar-refractivity contribution in [1.82, 2.24) is 4.57 Å². The Morgan fingerprint density at radius 1 is 1.73 bits per heavy atom. The number of hydrogen-bond acceptors (Lipinski definition) is 2. The maximum atomic E-state index is 10.5. The lowest BCUT2D eigenvalue weighted by Crippen LogP contribution is -2.08. The quantitative estimate of drug-likeness (QED) is 0.648. The van der Waals surface area contributed by atoms with Crippen molar-refractivity contribution in [3.05, 3.63) is 18.3 Å². The molecule has 1 heterocycles. The Labute approximate surface area is 65.6 Å². The van der Waals surface area contributed by atoms with Gasteiger partial charge in [-0.05, 0) is 19.1 Å². The van der Waals surface area contributed by atoms with E-state index in [1.165, 1.54) is 6.92 Å². The second-order valence-corrected chi connectivity index (χ2v) is 2.45. The Morgan fingerprint density at radius 2 is 2.45 bits per heavy atom. The third-order valence-electron chi connectivity index (χ3n) is 1.32. The van der Waals surface area contributed by atoms with Crippen LogP contribution in [0.25, 0.3) is 0 Å². The first-order chi connectivity index (χ1) is 5.20. The highest BCUT2D eigenvalue weighted by atomic mass is 16.5. The van der Waals surface area contributed by atoms with Gasteiger partial charge in [0, 0.05) is 13.2 Å². The van der Waals surface area contributed by atoms with Crippen LogP contribution in [0.3, 0.4) is 0 Å². The first-order valence-electron chi connectivity index (χ1n) is 3.43. The zero-order valence-electron chi connectivity index (χ0n) is 6.70. The molecule has 0 aliphatic rings. The molecular weight excluding hydrogens is 142 g/mol. The monoisotopic (exact) mass is 153 g/mol. The lowest BCUT2D eigenvalue weighted by Gasteiger charge is -2.03. The molecule has 11 heavy (non-hydrogen) atoms. The first-order valence-corrected chi connectivity index (χ1v) is 3.43. The highest BCUT2D eigenvalue weighted by Crippen LogP contribution is 2.08. The summed E-state index contributed by atoms with van der Waals surface area (Å²) in [6, 6.07) is 3.69. The predicted molar refractivity (Wildman–Crippen MR) is 41.6 cm³/mol. The molecule has 0 amide bonds. The lowest BCUT2D eigenvalue weighted by molar-refractivity contribution is -0.119. The Balaban J connectivity index is 2.51. The van der Waals surface area contributed by atoms with Gasteiger partial charge in [-0.2, -0.15) is 0 Å². The van der Waals surface area contributed by atoms with E-state index in [0.29, 0.717) is 0 Å². The summed E-state index contributed by atoms with van der Waals surface area (Å²) in [5, 5.41) is 0. The number of nitrogens with zero attached hydrogens (tertiary/aromatic N) is 1. The topological polar surface area (TPSA) is 31.2 Å². The third-order valence-corrected chi connectivity index (χ3v) is 1.32. The molecule has 1 rings (SSSR count). The van der Waals surface area contributed by atoms with Crippen molar-refractivity contribution in [2.24, 2.45) is 7.05 Å². The zero-order valence-corrected chi connectivity index (χ0v) is 6.70. The van der Waals surface area contributed by atoms with Crippen molar-refractivity contribution in [2.45, 2.75) is 6.92 Å². The van der Waals surface area contributed by atoms with E-state index in [1.54, 1.807) is 0 Å². The van der Waals surface area contributed by atoms with Crippen LogP contribution in [0.15, 0.2) is 18.3 Å². The van der Waals surface area contributed by atoms with Crippen molar-refractivity contribution in [2.75, 3.05) is 6.61 Å². The minimum atomic E-state index is 0.0335. The molecule has 0 aliphatic carbocycles. The number of rotatable bonds is 3. The lowest BCUT2D eigenvalue weighted by atomic mass is 10.5. The third kappa shape index (κ3) is 2.11. The minimum absolute atomic E-state index is 0.0335. The summed E-state index contributed by atoms with van der Waals surface area (Å²) < 4.78 is 6.97. The highest BCUT2D eigenvalue weighted by molar-refractivity contribution is 5.76. The average molecular weight is 153 g/mol. The number of aromatic nitrogens is 1. The Hall–Kier alpha value is -1.25. The molecular formula is C8H11NO2. The molecule has 0 atom stereocenters. The molecule has 0 radical (unpaired) electrons. The molecule has 0 saturated heterocycles. The molecule has 0 spiro atoms. The fourth-order valence-electron chi connectivity index (χ4n) is 0.771. The van der Waals surface area contributed by atoms with Crippen LogP contribution < -0.4 is 4.74 Å². The summed E-state index contributed by atoms with van der Waals surface area (Å²) in [5.74, 6) is 0.756. The second-order valence-electron chi connectivity index (χ2n) is 2.45. The van der Waals surface area contributed by atoms with Gasteiger partial charge < -0.3 is 9.30 Å². The fraction of sp³-hybridized carbons (Fsp3) is 0.375. The van der Waals surface area contributed by atoms with E-state index in [2.05, 4.69) is 0 Å². The molecule has 60 valence electrons. The molecule has 0 saturated carbocycles. The molecule has 0 aliphatic heterocycles. The molecule has 3 heteroatoms. The average Bonchev–Trinajstić information content (AvgIpc) is 2.31. The van der Waals surface area contributed by atoms with E-state index >= 15 is 0 Å². The van der Waals surface area contributed by atoms with Crippen LogP contribution in [-0.2, 0) is 11.8 Å². The van der Waals surface area contributed by atoms with Gasteiger partial charge in [-0.25, -0.2) is 0 Å². The summed E-state index contributed by atoms with van der Waals surface area (Å²) in [4.78, 5) is 10.5. The van der Waals surface area contributed by atoms with Crippen molar-refractivity contribution in [1.29, 1.82) is 0 Å². The smallest absolute Gasteiger partial charge is 0.193 e. The van der Waals surface area contributed by atoms with Crippen LogP contribution >= 0.6 is 0 Å². The normalized spacial score (nSPS) is 9.64. The van der Waals surface area contributed by atoms with Crippen molar-refractivity contribution in [3.8, 4) is 5.88 Å². The van der Waals surface area contributed by atoms with E-state index in [0.717, 1.165) is 5.88 Å². The van der Waals surface area contributed by atoms with Gasteiger partial charge in [-0.3, -0.25) is 4.79 Å². The van der Waals surface area contributed by atoms with Crippen LogP contribution in [0.1, 0.15) is 6.92 Å². The van der Waals surface area contributed by atoms with Crippen LogP contribution in [0.2, 0.25) is 0 Å². The summed E-state index contributed by atoms with van der Waals surface area (Å²) in [5.41, 5.74) is 0. The molecule has 0 bridgehead atoms. The Bertz CT molecular complexity index is 252. The molecule has 0 fully saturated rings. The van der Waals surface area contributed by atoms with E-state index in [4.69, 9.17) is 4.74 Å². The second kappa shape index (κ2) is 3.23. The standard InChI is InChI=1S/C8H11NO2/c1-7(10)6-11-8-4-3-5-9(8)2/h3-5H,6H2,1-2H3. The summed E-state index contributed by atoms with van der Waals surface area (Å²) in [6.07, 6.45) is 1.87.